The van der Waals surface area contributed by atoms with Crippen LogP contribution in [0.5, 0.6) is 0 Å². The van der Waals surface area contributed by atoms with Crippen LogP contribution in [0.3, 0.4) is 0 Å². The van der Waals surface area contributed by atoms with Crippen LogP contribution in [0.2, 0.25) is 0 Å². The Hall–Kier alpha value is -2.47. The van der Waals surface area contributed by atoms with Crippen molar-refractivity contribution in [3.05, 3.63) is 42.3 Å². The number of hydrogen-bond acceptors (Lipinski definition) is 5. The van der Waals surface area contributed by atoms with Gasteiger partial charge in [0.2, 0.25) is 0 Å². The highest BCUT2D eigenvalue weighted by molar-refractivity contribution is 5.81. The van der Waals surface area contributed by atoms with Crippen LogP contribution in [0, 0.1) is 5.82 Å². The van der Waals surface area contributed by atoms with E-state index in [2.05, 4.69) is 9.97 Å². The highest BCUT2D eigenvalue weighted by Gasteiger charge is 2.19. The number of aromatic nitrogens is 2. The largest absolute Gasteiger partial charge is 0.453 e. The van der Waals surface area contributed by atoms with Gasteiger partial charge in [-0.1, -0.05) is 18.2 Å². The number of hydrogen-bond donors (Lipinski definition) is 0. The summed E-state index contributed by atoms with van der Waals surface area (Å²) in [5.41, 5.74) is 0.762. The second-order valence-corrected chi connectivity index (χ2v) is 5.11. The molecule has 0 spiro atoms. The number of morpholine rings is 1. The molecule has 0 radical (unpaired) electrons. The Morgan fingerprint density at radius 3 is 2.77 bits per heavy atom. The van der Waals surface area contributed by atoms with Gasteiger partial charge in [0.15, 0.2) is 23.2 Å². The predicted molar refractivity (Wildman–Crippen MR) is 80.2 cm³/mol. The van der Waals surface area contributed by atoms with Crippen molar-refractivity contribution in [1.82, 2.24) is 9.97 Å². The van der Waals surface area contributed by atoms with Crippen LogP contribution in [0.25, 0.3) is 22.6 Å². The molecule has 1 saturated heterocycles. The topological polar surface area (TPSA) is 51.4 Å². The van der Waals surface area contributed by atoms with Crippen molar-refractivity contribution < 1.29 is 13.5 Å². The van der Waals surface area contributed by atoms with Crippen LogP contribution in [0.1, 0.15) is 0 Å². The molecule has 3 heterocycles. The minimum atomic E-state index is -0.429. The molecule has 0 atom stereocenters. The van der Waals surface area contributed by atoms with Crippen LogP contribution >= 0.6 is 0 Å². The Labute approximate surface area is 126 Å². The van der Waals surface area contributed by atoms with Crippen LogP contribution in [0.15, 0.2) is 40.9 Å². The molecule has 0 bridgehead atoms. The molecule has 112 valence electrons. The summed E-state index contributed by atoms with van der Waals surface area (Å²) >= 11 is 0. The van der Waals surface area contributed by atoms with Gasteiger partial charge < -0.3 is 14.1 Å². The second kappa shape index (κ2) is 5.38. The Balaban J connectivity index is 1.75. The molecule has 0 aliphatic carbocycles. The molecule has 0 N–H and O–H groups in total. The fraction of sp³-hybridized carbons (Fsp3) is 0.250. The molecule has 2 aromatic heterocycles. The Bertz CT molecular complexity index is 779. The fourth-order valence-electron chi connectivity index (χ4n) is 2.57. The van der Waals surface area contributed by atoms with Crippen molar-refractivity contribution in [2.45, 2.75) is 0 Å². The summed E-state index contributed by atoms with van der Waals surface area (Å²) in [6.07, 6.45) is 1.19. The number of para-hydroxylation sites is 1. The van der Waals surface area contributed by atoms with Crippen molar-refractivity contribution >= 4 is 16.8 Å². The number of anilines is 1. The van der Waals surface area contributed by atoms with Gasteiger partial charge in [-0.3, -0.25) is 0 Å². The van der Waals surface area contributed by atoms with Gasteiger partial charge in [0.1, 0.15) is 5.58 Å². The average Bonchev–Trinajstić information content (AvgIpc) is 3.00. The van der Waals surface area contributed by atoms with E-state index in [1.807, 2.05) is 35.2 Å². The third kappa shape index (κ3) is 2.31. The lowest BCUT2D eigenvalue weighted by Crippen LogP contribution is -2.37. The summed E-state index contributed by atoms with van der Waals surface area (Å²) < 4.78 is 25.1. The monoisotopic (exact) mass is 299 g/mol. The number of furan rings is 1. The number of rotatable bonds is 2. The van der Waals surface area contributed by atoms with Crippen molar-refractivity contribution in [2.75, 3.05) is 31.2 Å². The van der Waals surface area contributed by atoms with E-state index in [1.54, 1.807) is 0 Å². The maximum Gasteiger partial charge on any atom is 0.197 e. The molecule has 1 aliphatic heterocycles. The fourth-order valence-corrected chi connectivity index (χ4v) is 2.57. The third-order valence-electron chi connectivity index (χ3n) is 3.68. The molecule has 1 aromatic carbocycles. The molecule has 5 nitrogen and oxygen atoms in total. The number of halogens is 1. The van der Waals surface area contributed by atoms with Crippen LogP contribution in [-0.4, -0.2) is 36.3 Å². The first-order valence-corrected chi connectivity index (χ1v) is 7.15. The highest BCUT2D eigenvalue weighted by atomic mass is 19.1. The van der Waals surface area contributed by atoms with Gasteiger partial charge in [0.25, 0.3) is 0 Å². The maximum absolute atomic E-state index is 14.0. The van der Waals surface area contributed by atoms with Crippen molar-refractivity contribution in [1.29, 1.82) is 0 Å². The molecule has 3 aromatic rings. The zero-order valence-corrected chi connectivity index (χ0v) is 11.8. The van der Waals surface area contributed by atoms with Crippen LogP contribution < -0.4 is 4.90 Å². The zero-order valence-electron chi connectivity index (χ0n) is 11.8. The lowest BCUT2D eigenvalue weighted by Gasteiger charge is -2.27. The Morgan fingerprint density at radius 1 is 1.14 bits per heavy atom. The number of benzene rings is 1. The van der Waals surface area contributed by atoms with Gasteiger partial charge in [-0.25, -0.2) is 14.4 Å². The van der Waals surface area contributed by atoms with E-state index in [0.29, 0.717) is 43.7 Å². The average molecular weight is 299 g/mol. The first-order chi connectivity index (χ1) is 10.8. The molecule has 22 heavy (non-hydrogen) atoms. The van der Waals surface area contributed by atoms with E-state index >= 15 is 0 Å². The van der Waals surface area contributed by atoms with Gasteiger partial charge in [-0.2, -0.15) is 0 Å². The maximum atomic E-state index is 14.0. The van der Waals surface area contributed by atoms with E-state index in [1.165, 1.54) is 6.20 Å². The number of nitrogens with zero attached hydrogens (tertiary/aromatic N) is 3. The summed E-state index contributed by atoms with van der Waals surface area (Å²) in [4.78, 5) is 10.3. The van der Waals surface area contributed by atoms with E-state index in [4.69, 9.17) is 9.15 Å². The Kier molecular flexibility index (Phi) is 3.23. The predicted octanol–water partition coefficient (Wildman–Crippen LogP) is 2.87. The first-order valence-electron chi connectivity index (χ1n) is 7.15. The van der Waals surface area contributed by atoms with Gasteiger partial charge >= 0.3 is 0 Å². The van der Waals surface area contributed by atoms with Gasteiger partial charge in [-0.05, 0) is 12.1 Å². The highest BCUT2D eigenvalue weighted by Crippen LogP contribution is 2.27. The zero-order chi connectivity index (χ0) is 14.9. The van der Waals surface area contributed by atoms with Gasteiger partial charge in [0.05, 0.1) is 19.4 Å². The minimum Gasteiger partial charge on any atom is -0.453 e. The van der Waals surface area contributed by atoms with E-state index in [0.717, 1.165) is 11.0 Å². The molecule has 4 rings (SSSR count). The normalized spacial score (nSPS) is 15.4. The van der Waals surface area contributed by atoms with Crippen LogP contribution in [0.4, 0.5) is 10.2 Å². The summed E-state index contributed by atoms with van der Waals surface area (Å²) in [6, 6.07) is 9.54. The quantitative estimate of drug-likeness (QED) is 0.728. The number of fused-ring (bicyclic) bond motifs is 1. The molecule has 0 unspecified atom stereocenters. The van der Waals surface area contributed by atoms with E-state index < -0.39 is 5.82 Å². The minimum absolute atomic E-state index is 0.300. The van der Waals surface area contributed by atoms with E-state index in [-0.39, 0.29) is 0 Å². The first kappa shape index (κ1) is 13.2. The molecule has 6 heteroatoms. The van der Waals surface area contributed by atoms with E-state index in [9.17, 15) is 4.39 Å². The molecule has 1 aliphatic rings. The van der Waals surface area contributed by atoms with Crippen molar-refractivity contribution in [3.63, 3.8) is 0 Å². The summed E-state index contributed by atoms with van der Waals surface area (Å²) in [7, 11) is 0. The standard InChI is InChI=1S/C16H14FN3O2/c17-12-10-18-15(19-16(12)20-5-7-21-8-6-20)14-9-11-3-1-2-4-13(11)22-14/h1-4,9-10H,5-8H2. The smallest absolute Gasteiger partial charge is 0.197 e. The molecule has 1 fully saturated rings. The van der Waals surface area contributed by atoms with Gasteiger partial charge in [0, 0.05) is 18.5 Å². The third-order valence-corrected chi connectivity index (χ3v) is 3.68. The SMILES string of the molecule is Fc1cnc(-c2cc3ccccc3o2)nc1N1CCOCC1. The van der Waals surface area contributed by atoms with Crippen LogP contribution in [-0.2, 0) is 4.74 Å². The molecular formula is C16H14FN3O2. The van der Waals surface area contributed by atoms with Crippen molar-refractivity contribution in [2.24, 2.45) is 0 Å². The van der Waals surface area contributed by atoms with Crippen molar-refractivity contribution in [3.8, 4) is 11.6 Å². The summed E-state index contributed by atoms with van der Waals surface area (Å²) in [6.45, 7) is 2.38. The summed E-state index contributed by atoms with van der Waals surface area (Å²) in [5, 5.41) is 0.971. The molecule has 0 saturated carbocycles. The number of ether oxygens (including phenoxy) is 1. The Morgan fingerprint density at radius 2 is 1.95 bits per heavy atom. The molecule has 0 amide bonds. The molecular weight excluding hydrogens is 285 g/mol. The second-order valence-electron chi connectivity index (χ2n) is 5.11. The lowest BCUT2D eigenvalue weighted by molar-refractivity contribution is 0.122. The lowest BCUT2D eigenvalue weighted by atomic mass is 10.2. The van der Waals surface area contributed by atoms with Gasteiger partial charge in [-0.15, -0.1) is 0 Å². The summed E-state index contributed by atoms with van der Waals surface area (Å²) in [5.74, 6) is 0.797.